The van der Waals surface area contributed by atoms with Crippen molar-refractivity contribution in [3.05, 3.63) is 47.8 Å². The molecule has 1 aromatic heterocycles. The normalized spacial score (nSPS) is 18.7. The highest BCUT2D eigenvalue weighted by atomic mass is 16.2. The average molecular weight is 354 g/mol. The molecule has 1 saturated heterocycles. The maximum absolute atomic E-state index is 12.6. The first kappa shape index (κ1) is 18.6. The Balaban J connectivity index is 1.65. The predicted molar refractivity (Wildman–Crippen MR) is 105 cm³/mol. The summed E-state index contributed by atoms with van der Waals surface area (Å²) in [6, 6.07) is 11.7. The van der Waals surface area contributed by atoms with Crippen LogP contribution in [0.15, 0.2) is 36.4 Å². The smallest absolute Gasteiger partial charge is 0.271 e. The molecule has 0 saturated carbocycles. The van der Waals surface area contributed by atoms with E-state index in [2.05, 4.69) is 36.1 Å². The molecule has 1 unspecified atom stereocenters. The first-order chi connectivity index (χ1) is 12.4. The number of hydrogen-bond acceptors (Lipinski definition) is 3. The Kier molecular flexibility index (Phi) is 5.47. The van der Waals surface area contributed by atoms with Gasteiger partial charge < -0.3 is 5.32 Å². The Labute approximate surface area is 156 Å². The van der Waals surface area contributed by atoms with Crippen LogP contribution in [0.2, 0.25) is 0 Å². The lowest BCUT2D eigenvalue weighted by Crippen LogP contribution is -2.54. The highest BCUT2D eigenvalue weighted by molar-refractivity contribution is 5.92. The molecule has 26 heavy (non-hydrogen) atoms. The summed E-state index contributed by atoms with van der Waals surface area (Å²) < 4.78 is 1.81. The van der Waals surface area contributed by atoms with E-state index >= 15 is 0 Å². The molecule has 1 fully saturated rings. The lowest BCUT2D eigenvalue weighted by molar-refractivity contribution is 0.0655. The molecule has 1 aromatic carbocycles. The van der Waals surface area contributed by atoms with Crippen molar-refractivity contribution in [3.8, 4) is 5.69 Å². The molecular formula is C21H30N4O. The quantitative estimate of drug-likeness (QED) is 0.895. The standard InChI is InChI=1S/C21H30N4O/c1-16-9-8-12-24(14-16)21(3,4)15-22-20(26)19-13-17(2)25(23-19)18-10-6-5-7-11-18/h5-7,10-11,13,16H,8-9,12,14-15H2,1-4H3,(H,22,26). The van der Waals surface area contributed by atoms with E-state index in [1.807, 2.05) is 48.0 Å². The van der Waals surface area contributed by atoms with Gasteiger partial charge in [0.15, 0.2) is 5.69 Å². The Morgan fingerprint density at radius 3 is 2.73 bits per heavy atom. The van der Waals surface area contributed by atoms with Gasteiger partial charge in [0.25, 0.3) is 5.91 Å². The fourth-order valence-corrected chi connectivity index (χ4v) is 3.65. The number of rotatable bonds is 5. The second-order valence-corrected chi connectivity index (χ2v) is 8.11. The average Bonchev–Trinajstić information content (AvgIpc) is 3.02. The van der Waals surface area contributed by atoms with Crippen LogP contribution >= 0.6 is 0 Å². The minimum Gasteiger partial charge on any atom is -0.349 e. The van der Waals surface area contributed by atoms with Gasteiger partial charge in [0.05, 0.1) is 5.69 Å². The number of hydrogen-bond donors (Lipinski definition) is 1. The highest BCUT2D eigenvalue weighted by Crippen LogP contribution is 2.23. The molecule has 1 aliphatic rings. The molecule has 2 heterocycles. The van der Waals surface area contributed by atoms with E-state index in [1.165, 1.54) is 12.8 Å². The van der Waals surface area contributed by atoms with Gasteiger partial charge in [-0.15, -0.1) is 0 Å². The molecule has 0 bridgehead atoms. The van der Waals surface area contributed by atoms with Crippen molar-refractivity contribution >= 4 is 5.91 Å². The van der Waals surface area contributed by atoms with Crippen LogP contribution in [-0.2, 0) is 0 Å². The fourth-order valence-electron chi connectivity index (χ4n) is 3.65. The van der Waals surface area contributed by atoms with E-state index in [4.69, 9.17) is 0 Å². The number of benzene rings is 1. The first-order valence-electron chi connectivity index (χ1n) is 9.52. The number of nitrogens with one attached hydrogen (secondary N) is 1. The molecule has 1 amide bonds. The molecule has 0 spiro atoms. The van der Waals surface area contributed by atoms with Gasteiger partial charge >= 0.3 is 0 Å². The number of likely N-dealkylation sites (tertiary alicyclic amines) is 1. The van der Waals surface area contributed by atoms with Gasteiger partial charge in [-0.25, -0.2) is 4.68 Å². The number of carbonyl (C=O) groups excluding carboxylic acids is 1. The maximum atomic E-state index is 12.6. The van der Waals surface area contributed by atoms with Crippen LogP contribution in [0, 0.1) is 12.8 Å². The minimum absolute atomic E-state index is 0.0542. The van der Waals surface area contributed by atoms with Crippen molar-refractivity contribution in [3.63, 3.8) is 0 Å². The third-order valence-electron chi connectivity index (χ3n) is 5.32. The molecule has 1 aliphatic heterocycles. The topological polar surface area (TPSA) is 50.2 Å². The number of carbonyl (C=O) groups is 1. The Hall–Kier alpha value is -2.14. The maximum Gasteiger partial charge on any atom is 0.271 e. The van der Waals surface area contributed by atoms with E-state index in [-0.39, 0.29) is 11.4 Å². The van der Waals surface area contributed by atoms with Gasteiger partial charge in [-0.3, -0.25) is 9.69 Å². The van der Waals surface area contributed by atoms with Crippen LogP contribution < -0.4 is 5.32 Å². The van der Waals surface area contributed by atoms with Crippen molar-refractivity contribution in [1.29, 1.82) is 0 Å². The summed E-state index contributed by atoms with van der Waals surface area (Å²) >= 11 is 0. The van der Waals surface area contributed by atoms with Crippen LogP contribution in [-0.4, -0.2) is 45.8 Å². The number of para-hydroxylation sites is 1. The van der Waals surface area contributed by atoms with Crippen molar-refractivity contribution in [2.75, 3.05) is 19.6 Å². The third kappa shape index (κ3) is 4.15. The van der Waals surface area contributed by atoms with Crippen LogP contribution in [0.4, 0.5) is 0 Å². The number of aromatic nitrogens is 2. The lowest BCUT2D eigenvalue weighted by Gasteiger charge is -2.43. The summed E-state index contributed by atoms with van der Waals surface area (Å²) in [5.74, 6) is 0.615. The fraction of sp³-hybridized carbons (Fsp3) is 0.524. The van der Waals surface area contributed by atoms with Gasteiger partial charge in [0.1, 0.15) is 0 Å². The summed E-state index contributed by atoms with van der Waals surface area (Å²) in [5, 5.41) is 7.58. The van der Waals surface area contributed by atoms with Gasteiger partial charge in [0, 0.05) is 24.3 Å². The molecule has 2 aromatic rings. The summed E-state index contributed by atoms with van der Waals surface area (Å²) in [4.78, 5) is 15.1. The van der Waals surface area contributed by atoms with E-state index in [1.54, 1.807) is 0 Å². The molecule has 5 nitrogen and oxygen atoms in total. The SMILES string of the molecule is Cc1cc(C(=O)NCC(C)(C)N2CCCC(C)C2)nn1-c1ccccc1. The van der Waals surface area contributed by atoms with Crippen LogP contribution in [0.3, 0.4) is 0 Å². The van der Waals surface area contributed by atoms with E-state index in [0.717, 1.165) is 30.4 Å². The number of aryl methyl sites for hydroxylation is 1. The number of piperidine rings is 1. The molecule has 140 valence electrons. The van der Waals surface area contributed by atoms with Gasteiger partial charge in [0.2, 0.25) is 0 Å². The third-order valence-corrected chi connectivity index (χ3v) is 5.32. The number of nitrogens with zero attached hydrogens (tertiary/aromatic N) is 3. The Morgan fingerprint density at radius 2 is 2.04 bits per heavy atom. The molecule has 0 radical (unpaired) electrons. The van der Waals surface area contributed by atoms with E-state index < -0.39 is 0 Å². The zero-order valence-corrected chi connectivity index (χ0v) is 16.3. The van der Waals surface area contributed by atoms with Gasteiger partial charge in [-0.1, -0.05) is 25.1 Å². The van der Waals surface area contributed by atoms with Gasteiger partial charge in [-0.05, 0) is 64.3 Å². The van der Waals surface area contributed by atoms with Crippen LogP contribution in [0.25, 0.3) is 5.69 Å². The lowest BCUT2D eigenvalue weighted by atomic mass is 9.93. The largest absolute Gasteiger partial charge is 0.349 e. The van der Waals surface area contributed by atoms with Crippen LogP contribution in [0.1, 0.15) is 49.8 Å². The summed E-state index contributed by atoms with van der Waals surface area (Å²) in [6.07, 6.45) is 2.54. The minimum atomic E-state index is -0.110. The zero-order chi connectivity index (χ0) is 18.7. The van der Waals surface area contributed by atoms with E-state index in [0.29, 0.717) is 12.2 Å². The summed E-state index contributed by atoms with van der Waals surface area (Å²) in [6.45, 7) is 11.5. The molecule has 0 aliphatic carbocycles. The van der Waals surface area contributed by atoms with Crippen molar-refractivity contribution in [2.24, 2.45) is 5.92 Å². The van der Waals surface area contributed by atoms with E-state index in [9.17, 15) is 4.79 Å². The number of amides is 1. The molecule has 5 heteroatoms. The van der Waals surface area contributed by atoms with Crippen molar-refractivity contribution in [2.45, 2.75) is 46.1 Å². The second-order valence-electron chi connectivity index (χ2n) is 8.11. The van der Waals surface area contributed by atoms with Gasteiger partial charge in [-0.2, -0.15) is 5.10 Å². The highest BCUT2D eigenvalue weighted by Gasteiger charge is 2.30. The Bertz CT molecular complexity index is 751. The molecular weight excluding hydrogens is 324 g/mol. The summed E-state index contributed by atoms with van der Waals surface area (Å²) in [7, 11) is 0. The van der Waals surface area contributed by atoms with Crippen molar-refractivity contribution in [1.82, 2.24) is 20.0 Å². The second kappa shape index (κ2) is 7.62. The zero-order valence-electron chi connectivity index (χ0n) is 16.3. The van der Waals surface area contributed by atoms with Crippen LogP contribution in [0.5, 0.6) is 0 Å². The molecule has 1 atom stereocenters. The molecule has 3 rings (SSSR count). The summed E-state index contributed by atoms with van der Waals surface area (Å²) in [5.41, 5.74) is 2.33. The Morgan fingerprint density at radius 1 is 1.31 bits per heavy atom. The monoisotopic (exact) mass is 354 g/mol. The molecule has 1 N–H and O–H groups in total. The first-order valence-corrected chi connectivity index (χ1v) is 9.52. The van der Waals surface area contributed by atoms with Crippen molar-refractivity contribution < 1.29 is 4.79 Å². The predicted octanol–water partition coefficient (Wildman–Crippen LogP) is 3.42.